The van der Waals surface area contributed by atoms with Crippen LogP contribution in [0, 0.1) is 5.53 Å². The summed E-state index contributed by atoms with van der Waals surface area (Å²) in [6.07, 6.45) is 0. The maximum absolute atomic E-state index is 10.7. The molecule has 1 aromatic rings. The summed E-state index contributed by atoms with van der Waals surface area (Å²) in [5.41, 5.74) is 8.08. The molecule has 0 saturated heterocycles. The van der Waals surface area contributed by atoms with Gasteiger partial charge in [-0.25, -0.2) is 10.3 Å². The summed E-state index contributed by atoms with van der Waals surface area (Å²) < 4.78 is 0. The number of hydrogen-bond donors (Lipinski definition) is 3. The largest absolute Gasteiger partial charge is 0.478 e. The van der Waals surface area contributed by atoms with Crippen molar-refractivity contribution in [1.29, 1.82) is 5.53 Å². The molecule has 0 aromatic heterocycles. The van der Waals surface area contributed by atoms with Gasteiger partial charge in [0.15, 0.2) is 0 Å². The van der Waals surface area contributed by atoms with Crippen LogP contribution in [-0.2, 0) is 0 Å². The van der Waals surface area contributed by atoms with Gasteiger partial charge < -0.3 is 10.4 Å². The normalized spacial score (nSPS) is 9.50. The second-order valence-electron chi connectivity index (χ2n) is 2.68. The Morgan fingerprint density at radius 3 is 2.86 bits per heavy atom. The molecule has 5 heteroatoms. The lowest BCUT2D eigenvalue weighted by Gasteiger charge is -2.06. The van der Waals surface area contributed by atoms with Crippen LogP contribution in [0.15, 0.2) is 23.3 Å². The molecule has 1 aromatic carbocycles. The van der Waals surface area contributed by atoms with Crippen molar-refractivity contribution in [3.8, 4) is 0 Å². The van der Waals surface area contributed by atoms with Gasteiger partial charge in [0.1, 0.15) is 5.69 Å². The molecule has 0 aliphatic rings. The first-order valence-electron chi connectivity index (χ1n) is 4.17. The summed E-state index contributed by atoms with van der Waals surface area (Å²) in [4.78, 5) is 10.7. The standard InChI is InChI=1S/C9H11N3O2/c1-2-11-8-5-6(9(13)14)3-4-7(8)12-10/h3-5,10-11H,2H2,1H3,(H,13,14). The van der Waals surface area contributed by atoms with Crippen LogP contribution in [-0.4, -0.2) is 17.6 Å². The molecular weight excluding hydrogens is 182 g/mol. The van der Waals surface area contributed by atoms with Crippen LogP contribution < -0.4 is 5.32 Å². The maximum Gasteiger partial charge on any atom is 0.335 e. The molecule has 0 spiro atoms. The lowest BCUT2D eigenvalue weighted by molar-refractivity contribution is 0.0697. The molecule has 0 amide bonds. The van der Waals surface area contributed by atoms with E-state index in [1.165, 1.54) is 18.2 Å². The minimum atomic E-state index is -0.985. The summed E-state index contributed by atoms with van der Waals surface area (Å²) in [5.74, 6) is -0.985. The van der Waals surface area contributed by atoms with Crippen molar-refractivity contribution in [1.82, 2.24) is 0 Å². The van der Waals surface area contributed by atoms with E-state index in [0.717, 1.165) is 0 Å². The number of hydrogen-bond acceptors (Lipinski definition) is 4. The van der Waals surface area contributed by atoms with Crippen LogP contribution in [0.2, 0.25) is 0 Å². The highest BCUT2D eigenvalue weighted by atomic mass is 16.4. The number of benzene rings is 1. The molecule has 74 valence electrons. The van der Waals surface area contributed by atoms with Crippen LogP contribution in [0.1, 0.15) is 17.3 Å². The van der Waals surface area contributed by atoms with E-state index in [-0.39, 0.29) is 5.56 Å². The van der Waals surface area contributed by atoms with Crippen molar-refractivity contribution in [3.63, 3.8) is 0 Å². The summed E-state index contributed by atoms with van der Waals surface area (Å²) in [6, 6.07) is 4.41. The number of nitrogens with one attached hydrogen (secondary N) is 2. The van der Waals surface area contributed by atoms with Gasteiger partial charge in [0, 0.05) is 6.54 Å². The molecule has 0 fully saturated rings. The second-order valence-corrected chi connectivity index (χ2v) is 2.68. The highest BCUT2D eigenvalue weighted by molar-refractivity contribution is 5.90. The Morgan fingerprint density at radius 2 is 2.36 bits per heavy atom. The van der Waals surface area contributed by atoms with Gasteiger partial charge in [-0.1, -0.05) is 0 Å². The minimum Gasteiger partial charge on any atom is -0.478 e. The summed E-state index contributed by atoms with van der Waals surface area (Å²) >= 11 is 0. The Labute approximate surface area is 81.3 Å². The lowest BCUT2D eigenvalue weighted by Crippen LogP contribution is -2.01. The molecule has 0 heterocycles. The van der Waals surface area contributed by atoms with Crippen LogP contribution in [0.25, 0.3) is 0 Å². The number of rotatable bonds is 4. The minimum absolute atomic E-state index is 0.188. The highest BCUT2D eigenvalue weighted by Crippen LogP contribution is 2.25. The Balaban J connectivity index is 3.13. The number of aromatic carboxylic acids is 1. The Bertz CT molecular complexity index is 363. The van der Waals surface area contributed by atoms with E-state index in [4.69, 9.17) is 10.6 Å². The third-order valence-electron chi connectivity index (χ3n) is 1.73. The van der Waals surface area contributed by atoms with Crippen LogP contribution in [0.5, 0.6) is 0 Å². The van der Waals surface area contributed by atoms with Crippen LogP contribution in [0.3, 0.4) is 0 Å². The fourth-order valence-electron chi connectivity index (χ4n) is 1.10. The molecule has 5 nitrogen and oxygen atoms in total. The van der Waals surface area contributed by atoms with E-state index in [1.54, 1.807) is 0 Å². The predicted octanol–water partition coefficient (Wildman–Crippen LogP) is 2.48. The van der Waals surface area contributed by atoms with Crippen molar-refractivity contribution < 1.29 is 9.90 Å². The zero-order chi connectivity index (χ0) is 10.6. The molecule has 1 rings (SSSR count). The average Bonchev–Trinajstić information content (AvgIpc) is 2.18. The molecule has 0 saturated carbocycles. The molecule has 0 atom stereocenters. The van der Waals surface area contributed by atoms with Crippen molar-refractivity contribution in [2.75, 3.05) is 11.9 Å². The zero-order valence-corrected chi connectivity index (χ0v) is 7.74. The average molecular weight is 193 g/mol. The first-order valence-corrected chi connectivity index (χ1v) is 4.17. The summed E-state index contributed by atoms with van der Waals surface area (Å²) in [7, 11) is 0. The lowest BCUT2D eigenvalue weighted by atomic mass is 10.1. The van der Waals surface area contributed by atoms with E-state index in [9.17, 15) is 4.79 Å². The third kappa shape index (κ3) is 2.07. The van der Waals surface area contributed by atoms with Gasteiger partial charge in [-0.2, -0.15) is 5.11 Å². The van der Waals surface area contributed by atoms with Crippen LogP contribution >= 0.6 is 0 Å². The van der Waals surface area contributed by atoms with Gasteiger partial charge in [0.25, 0.3) is 0 Å². The predicted molar refractivity (Wildman–Crippen MR) is 52.4 cm³/mol. The van der Waals surface area contributed by atoms with Crippen molar-refractivity contribution in [3.05, 3.63) is 23.8 Å². The Hall–Kier alpha value is -1.91. The fourth-order valence-corrected chi connectivity index (χ4v) is 1.10. The SMILES string of the molecule is CCNc1cc(C(=O)O)ccc1N=N. The quantitative estimate of drug-likeness (QED) is 0.642. The van der Waals surface area contributed by atoms with Gasteiger partial charge in [-0.15, -0.1) is 0 Å². The molecule has 14 heavy (non-hydrogen) atoms. The van der Waals surface area contributed by atoms with Gasteiger partial charge in [0.05, 0.1) is 11.3 Å². The third-order valence-corrected chi connectivity index (χ3v) is 1.73. The van der Waals surface area contributed by atoms with E-state index in [0.29, 0.717) is 17.9 Å². The molecule has 0 bridgehead atoms. The second kappa shape index (κ2) is 4.36. The zero-order valence-electron chi connectivity index (χ0n) is 7.74. The van der Waals surface area contributed by atoms with Crippen molar-refractivity contribution in [2.24, 2.45) is 5.11 Å². The summed E-state index contributed by atoms with van der Waals surface area (Å²) in [5, 5.41) is 15.0. The summed E-state index contributed by atoms with van der Waals surface area (Å²) in [6.45, 7) is 2.55. The van der Waals surface area contributed by atoms with E-state index in [1.807, 2.05) is 6.92 Å². The van der Waals surface area contributed by atoms with Gasteiger partial charge >= 0.3 is 5.97 Å². The highest BCUT2D eigenvalue weighted by Gasteiger charge is 2.06. The van der Waals surface area contributed by atoms with E-state index < -0.39 is 5.97 Å². The van der Waals surface area contributed by atoms with Crippen molar-refractivity contribution >= 4 is 17.3 Å². The maximum atomic E-state index is 10.7. The molecule has 0 aliphatic carbocycles. The van der Waals surface area contributed by atoms with Gasteiger partial charge in [-0.05, 0) is 25.1 Å². The first-order chi connectivity index (χ1) is 6.69. The first kappa shape index (κ1) is 10.2. The number of carboxylic acids is 1. The molecule has 3 N–H and O–H groups in total. The number of nitrogens with zero attached hydrogens (tertiary/aromatic N) is 1. The topological polar surface area (TPSA) is 85.5 Å². The molecule has 0 unspecified atom stereocenters. The number of anilines is 1. The van der Waals surface area contributed by atoms with E-state index >= 15 is 0 Å². The van der Waals surface area contributed by atoms with Crippen molar-refractivity contribution in [2.45, 2.75) is 6.92 Å². The smallest absolute Gasteiger partial charge is 0.335 e. The Morgan fingerprint density at radius 1 is 1.64 bits per heavy atom. The van der Waals surface area contributed by atoms with Gasteiger partial charge in [0.2, 0.25) is 0 Å². The Kier molecular flexibility index (Phi) is 3.17. The molecule has 0 radical (unpaired) electrons. The number of carbonyl (C=O) groups is 1. The van der Waals surface area contributed by atoms with Crippen LogP contribution in [0.4, 0.5) is 11.4 Å². The fraction of sp³-hybridized carbons (Fsp3) is 0.222. The van der Waals surface area contributed by atoms with Gasteiger partial charge in [-0.3, -0.25) is 0 Å². The number of carboxylic acid groups (broad SMARTS) is 1. The van der Waals surface area contributed by atoms with E-state index in [2.05, 4.69) is 10.4 Å². The monoisotopic (exact) mass is 193 g/mol. The molecular formula is C9H11N3O2. The molecule has 0 aliphatic heterocycles.